The summed E-state index contributed by atoms with van der Waals surface area (Å²) in [5, 5.41) is 0. The van der Waals surface area contributed by atoms with Crippen LogP contribution < -0.4 is 0 Å². The van der Waals surface area contributed by atoms with Crippen LogP contribution in [0.25, 0.3) is 0 Å². The number of hydrogen-bond donors (Lipinski definition) is 0. The zero-order chi connectivity index (χ0) is 17.3. The Hall–Kier alpha value is -0.150. The molecule has 0 spiro atoms. The normalized spacial score (nSPS) is 15.8. The fourth-order valence-corrected chi connectivity index (χ4v) is 3.83. The fraction of sp³-hybridized carbons (Fsp3) is 0.952. The van der Waals surface area contributed by atoms with E-state index in [4.69, 9.17) is 12.2 Å². The Balaban J connectivity index is 1.73. The minimum atomic E-state index is 1.13. The molecule has 0 radical (unpaired) electrons. The van der Waals surface area contributed by atoms with Gasteiger partial charge < -0.3 is 4.90 Å². The van der Waals surface area contributed by atoms with Gasteiger partial charge in [-0.05, 0) is 13.0 Å². The third-order valence-electron chi connectivity index (χ3n) is 5.38. The van der Waals surface area contributed by atoms with Crippen LogP contribution in [-0.4, -0.2) is 48.0 Å². The quantitative estimate of drug-likeness (QED) is 0.246. The zero-order valence-electron chi connectivity index (χ0n) is 16.3. The predicted octanol–water partition coefficient (Wildman–Crippen LogP) is 6.04. The Bertz CT molecular complexity index is 275. The maximum absolute atomic E-state index is 4.99. The zero-order valence-corrected chi connectivity index (χ0v) is 17.1. The Morgan fingerprint density at radius 2 is 1.04 bits per heavy atom. The molecular formula is C21H42N2S. The number of thiocarbonyl (C=S) groups is 1. The van der Waals surface area contributed by atoms with Crippen molar-refractivity contribution in [3.63, 3.8) is 0 Å². The molecule has 0 aromatic rings. The first kappa shape index (κ1) is 21.9. The minimum Gasteiger partial charge on any atom is -0.366 e. The molecule has 0 atom stereocenters. The van der Waals surface area contributed by atoms with Crippen molar-refractivity contribution >= 4 is 17.7 Å². The van der Waals surface area contributed by atoms with E-state index in [-0.39, 0.29) is 0 Å². The molecule has 0 aromatic carbocycles. The predicted molar refractivity (Wildman–Crippen MR) is 112 cm³/mol. The largest absolute Gasteiger partial charge is 0.366 e. The van der Waals surface area contributed by atoms with Crippen molar-refractivity contribution in [1.82, 2.24) is 9.80 Å². The summed E-state index contributed by atoms with van der Waals surface area (Å²) in [6, 6.07) is 0. The highest BCUT2D eigenvalue weighted by molar-refractivity contribution is 7.78. The van der Waals surface area contributed by atoms with Gasteiger partial charge in [-0.25, -0.2) is 0 Å². The van der Waals surface area contributed by atoms with Crippen molar-refractivity contribution in [2.75, 3.05) is 32.7 Å². The smallest absolute Gasteiger partial charge is 0.0641 e. The van der Waals surface area contributed by atoms with Gasteiger partial charge in [0.05, 0.1) is 5.49 Å². The second-order valence-corrected chi connectivity index (χ2v) is 7.79. The lowest BCUT2D eigenvalue weighted by atomic mass is 10.0. The first-order chi connectivity index (χ1) is 11.9. The van der Waals surface area contributed by atoms with Crippen LogP contribution in [0.3, 0.4) is 0 Å². The monoisotopic (exact) mass is 354 g/mol. The van der Waals surface area contributed by atoms with Gasteiger partial charge in [-0.3, -0.25) is 4.90 Å². The van der Waals surface area contributed by atoms with E-state index in [1.54, 1.807) is 0 Å². The molecule has 0 aliphatic carbocycles. The van der Waals surface area contributed by atoms with Crippen molar-refractivity contribution in [2.24, 2.45) is 0 Å². The second-order valence-electron chi connectivity index (χ2n) is 7.58. The van der Waals surface area contributed by atoms with Crippen LogP contribution in [0.15, 0.2) is 0 Å². The molecule has 1 fully saturated rings. The van der Waals surface area contributed by atoms with Gasteiger partial charge in [0.15, 0.2) is 0 Å². The van der Waals surface area contributed by atoms with Gasteiger partial charge in [0, 0.05) is 26.2 Å². The molecule has 142 valence electrons. The Morgan fingerprint density at radius 3 is 1.46 bits per heavy atom. The first-order valence-electron chi connectivity index (χ1n) is 10.8. The Morgan fingerprint density at radius 1 is 0.625 bits per heavy atom. The molecule has 0 aromatic heterocycles. The molecule has 1 rings (SSSR count). The van der Waals surface area contributed by atoms with Gasteiger partial charge in [-0.15, -0.1) is 0 Å². The number of unbranched alkanes of at least 4 members (excludes halogenated alkanes) is 13. The topological polar surface area (TPSA) is 6.48 Å². The van der Waals surface area contributed by atoms with Crippen molar-refractivity contribution in [3.8, 4) is 0 Å². The highest BCUT2D eigenvalue weighted by Crippen LogP contribution is 2.13. The van der Waals surface area contributed by atoms with Crippen LogP contribution in [0, 0.1) is 0 Å². The van der Waals surface area contributed by atoms with Crippen LogP contribution in [0.1, 0.15) is 96.8 Å². The van der Waals surface area contributed by atoms with E-state index in [1.807, 2.05) is 5.49 Å². The number of hydrogen-bond acceptors (Lipinski definition) is 2. The van der Waals surface area contributed by atoms with Crippen LogP contribution in [-0.2, 0) is 0 Å². The lowest BCUT2D eigenvalue weighted by molar-refractivity contribution is 0.183. The Kier molecular flexibility index (Phi) is 14.9. The number of rotatable bonds is 16. The molecular weight excluding hydrogens is 312 g/mol. The van der Waals surface area contributed by atoms with E-state index in [9.17, 15) is 0 Å². The highest BCUT2D eigenvalue weighted by Gasteiger charge is 2.13. The fourth-order valence-electron chi connectivity index (χ4n) is 3.62. The van der Waals surface area contributed by atoms with Crippen molar-refractivity contribution < 1.29 is 0 Å². The molecule has 3 heteroatoms. The molecule has 1 aliphatic heterocycles. The van der Waals surface area contributed by atoms with Gasteiger partial charge >= 0.3 is 0 Å². The van der Waals surface area contributed by atoms with Crippen molar-refractivity contribution in [2.45, 2.75) is 96.8 Å². The van der Waals surface area contributed by atoms with Crippen molar-refractivity contribution in [3.05, 3.63) is 0 Å². The summed E-state index contributed by atoms with van der Waals surface area (Å²) in [5.74, 6) is 0. The van der Waals surface area contributed by atoms with E-state index in [0.717, 1.165) is 13.1 Å². The summed E-state index contributed by atoms with van der Waals surface area (Å²) in [6.45, 7) is 8.24. The van der Waals surface area contributed by atoms with Crippen molar-refractivity contribution in [1.29, 1.82) is 0 Å². The standard InChI is InChI=1S/C21H42N2S/c1-2-3-4-5-6-7-8-9-10-11-12-13-14-15-16-22-17-19-23(21-24)20-18-22/h21H,2-20H2,1H3. The number of piperazine rings is 1. The van der Waals surface area contributed by atoms with Gasteiger partial charge in [0.25, 0.3) is 0 Å². The van der Waals surface area contributed by atoms with Gasteiger partial charge in [0.2, 0.25) is 0 Å². The molecule has 24 heavy (non-hydrogen) atoms. The van der Waals surface area contributed by atoms with Crippen LogP contribution in [0.4, 0.5) is 0 Å². The summed E-state index contributed by atoms with van der Waals surface area (Å²) in [4.78, 5) is 4.87. The lowest BCUT2D eigenvalue weighted by Gasteiger charge is -2.33. The van der Waals surface area contributed by atoms with Gasteiger partial charge in [-0.2, -0.15) is 0 Å². The third-order valence-corrected chi connectivity index (χ3v) is 5.68. The summed E-state index contributed by atoms with van der Waals surface area (Å²) < 4.78 is 0. The first-order valence-corrected chi connectivity index (χ1v) is 11.3. The highest BCUT2D eigenvalue weighted by atomic mass is 32.1. The average Bonchev–Trinajstić information content (AvgIpc) is 2.62. The van der Waals surface area contributed by atoms with Crippen LogP contribution in [0.5, 0.6) is 0 Å². The van der Waals surface area contributed by atoms with E-state index >= 15 is 0 Å². The van der Waals surface area contributed by atoms with E-state index in [0.29, 0.717) is 0 Å². The SMILES string of the molecule is CCCCCCCCCCCCCCCCN1CCN(C=S)CC1. The summed E-state index contributed by atoms with van der Waals surface area (Å²) in [5.41, 5.74) is 1.82. The lowest BCUT2D eigenvalue weighted by Crippen LogP contribution is -2.45. The maximum Gasteiger partial charge on any atom is 0.0641 e. The summed E-state index contributed by atoms with van der Waals surface area (Å²) >= 11 is 4.99. The van der Waals surface area contributed by atoms with E-state index in [2.05, 4.69) is 16.7 Å². The van der Waals surface area contributed by atoms with E-state index in [1.165, 1.54) is 110 Å². The molecule has 0 bridgehead atoms. The van der Waals surface area contributed by atoms with Gasteiger partial charge in [-0.1, -0.05) is 103 Å². The van der Waals surface area contributed by atoms with E-state index < -0.39 is 0 Å². The minimum absolute atomic E-state index is 1.13. The molecule has 2 nitrogen and oxygen atoms in total. The molecule has 0 amide bonds. The summed E-state index contributed by atoms with van der Waals surface area (Å²) in [7, 11) is 0. The molecule has 0 N–H and O–H groups in total. The molecule has 0 unspecified atom stereocenters. The Labute approximate surface area is 157 Å². The third kappa shape index (κ3) is 12.2. The molecule has 0 saturated carbocycles. The maximum atomic E-state index is 4.99. The summed E-state index contributed by atoms with van der Waals surface area (Å²) in [6.07, 6.45) is 20.2. The van der Waals surface area contributed by atoms with Gasteiger partial charge in [0.1, 0.15) is 0 Å². The second kappa shape index (κ2) is 16.3. The number of nitrogens with zero attached hydrogens (tertiary/aromatic N) is 2. The van der Waals surface area contributed by atoms with Crippen LogP contribution >= 0.6 is 12.2 Å². The molecule has 1 aliphatic rings. The molecule has 1 heterocycles. The molecule has 1 saturated heterocycles. The van der Waals surface area contributed by atoms with Crippen LogP contribution in [0.2, 0.25) is 0 Å². The average molecular weight is 355 g/mol.